The number of hydrogen-bond donors (Lipinski definition) is 1. The molecular formula is C11H24N2. The Kier molecular flexibility index (Phi) is 4.20. The van der Waals surface area contributed by atoms with Crippen LogP contribution in [0.25, 0.3) is 0 Å². The van der Waals surface area contributed by atoms with Gasteiger partial charge < -0.3 is 5.32 Å². The van der Waals surface area contributed by atoms with Gasteiger partial charge in [0.1, 0.15) is 0 Å². The van der Waals surface area contributed by atoms with Gasteiger partial charge in [-0.25, -0.2) is 0 Å². The van der Waals surface area contributed by atoms with Crippen molar-refractivity contribution in [2.75, 3.05) is 13.6 Å². The molecule has 0 saturated heterocycles. The van der Waals surface area contributed by atoms with E-state index in [1.165, 1.54) is 25.8 Å². The fraction of sp³-hybridized carbons (Fsp3) is 1.00. The molecule has 2 nitrogen and oxygen atoms in total. The van der Waals surface area contributed by atoms with E-state index < -0.39 is 0 Å². The second-order valence-corrected chi connectivity index (χ2v) is 4.38. The zero-order chi connectivity index (χ0) is 9.84. The summed E-state index contributed by atoms with van der Waals surface area (Å²) >= 11 is 0. The monoisotopic (exact) mass is 184 g/mol. The summed E-state index contributed by atoms with van der Waals surface area (Å²) in [5, 5.41) is 3.39. The van der Waals surface area contributed by atoms with Crippen molar-refractivity contribution in [1.29, 1.82) is 0 Å². The van der Waals surface area contributed by atoms with Crippen LogP contribution in [0.1, 0.15) is 40.0 Å². The van der Waals surface area contributed by atoms with Crippen LogP contribution in [-0.4, -0.2) is 36.6 Å². The van der Waals surface area contributed by atoms with E-state index in [1.807, 2.05) is 0 Å². The van der Waals surface area contributed by atoms with Gasteiger partial charge in [0.05, 0.1) is 0 Å². The van der Waals surface area contributed by atoms with Crippen LogP contribution in [0.2, 0.25) is 0 Å². The molecule has 0 bridgehead atoms. The van der Waals surface area contributed by atoms with Crippen molar-refractivity contribution in [3.63, 3.8) is 0 Å². The van der Waals surface area contributed by atoms with Gasteiger partial charge in [-0.1, -0.05) is 6.92 Å². The van der Waals surface area contributed by atoms with Crippen LogP contribution in [0.5, 0.6) is 0 Å². The molecule has 1 rings (SSSR count). The van der Waals surface area contributed by atoms with E-state index in [-0.39, 0.29) is 0 Å². The molecule has 1 aliphatic carbocycles. The van der Waals surface area contributed by atoms with Crippen molar-refractivity contribution >= 4 is 0 Å². The summed E-state index contributed by atoms with van der Waals surface area (Å²) in [5.74, 6) is 0. The van der Waals surface area contributed by atoms with E-state index in [0.29, 0.717) is 6.04 Å². The molecule has 1 N–H and O–H groups in total. The van der Waals surface area contributed by atoms with Crippen molar-refractivity contribution < 1.29 is 0 Å². The smallest absolute Gasteiger partial charge is 0.0113 e. The molecule has 0 aromatic heterocycles. The highest BCUT2D eigenvalue weighted by atomic mass is 15.2. The molecule has 0 amide bonds. The molecule has 0 aromatic carbocycles. The van der Waals surface area contributed by atoms with Crippen LogP contribution >= 0.6 is 0 Å². The molecule has 1 saturated carbocycles. The predicted molar refractivity (Wildman–Crippen MR) is 58.0 cm³/mol. The van der Waals surface area contributed by atoms with Gasteiger partial charge in [-0.3, -0.25) is 4.90 Å². The minimum Gasteiger partial charge on any atom is -0.317 e. The van der Waals surface area contributed by atoms with E-state index in [2.05, 4.69) is 38.0 Å². The van der Waals surface area contributed by atoms with Crippen LogP contribution in [0.3, 0.4) is 0 Å². The fourth-order valence-corrected chi connectivity index (χ4v) is 2.57. The molecule has 2 heteroatoms. The molecule has 2 atom stereocenters. The summed E-state index contributed by atoms with van der Waals surface area (Å²) in [6.45, 7) is 8.07. The Labute approximate surface area is 82.7 Å². The van der Waals surface area contributed by atoms with Crippen molar-refractivity contribution in [3.05, 3.63) is 0 Å². The minimum atomic E-state index is 0.700. The molecule has 78 valence electrons. The molecule has 0 spiro atoms. The summed E-state index contributed by atoms with van der Waals surface area (Å²) < 4.78 is 0. The highest BCUT2D eigenvalue weighted by Gasteiger charge is 2.28. The first-order valence-corrected chi connectivity index (χ1v) is 5.62. The third-order valence-electron chi connectivity index (χ3n) is 3.31. The van der Waals surface area contributed by atoms with Crippen LogP contribution in [0, 0.1) is 0 Å². The number of nitrogens with zero attached hydrogens (tertiary/aromatic N) is 1. The molecular weight excluding hydrogens is 160 g/mol. The van der Waals surface area contributed by atoms with Crippen LogP contribution in [-0.2, 0) is 0 Å². The number of nitrogens with one attached hydrogen (secondary N) is 1. The topological polar surface area (TPSA) is 15.3 Å². The lowest BCUT2D eigenvalue weighted by Crippen LogP contribution is -2.39. The fourth-order valence-electron chi connectivity index (χ4n) is 2.57. The molecule has 0 aliphatic heterocycles. The van der Waals surface area contributed by atoms with Crippen LogP contribution < -0.4 is 5.32 Å². The summed E-state index contributed by atoms with van der Waals surface area (Å²) in [7, 11) is 2.08. The maximum absolute atomic E-state index is 3.39. The maximum atomic E-state index is 3.39. The van der Waals surface area contributed by atoms with Crippen molar-refractivity contribution in [1.82, 2.24) is 10.2 Å². The Morgan fingerprint density at radius 1 is 1.38 bits per heavy atom. The van der Waals surface area contributed by atoms with E-state index in [1.54, 1.807) is 0 Å². The predicted octanol–water partition coefficient (Wildman–Crippen LogP) is 1.86. The Morgan fingerprint density at radius 3 is 2.46 bits per heavy atom. The van der Waals surface area contributed by atoms with E-state index in [0.717, 1.165) is 12.1 Å². The van der Waals surface area contributed by atoms with Gasteiger partial charge in [0.15, 0.2) is 0 Å². The lowest BCUT2D eigenvalue weighted by atomic mass is 10.1. The second-order valence-electron chi connectivity index (χ2n) is 4.38. The molecule has 0 heterocycles. The molecule has 1 fully saturated rings. The first kappa shape index (κ1) is 11.0. The van der Waals surface area contributed by atoms with E-state index in [4.69, 9.17) is 0 Å². The molecule has 1 aliphatic rings. The average Bonchev–Trinajstić information content (AvgIpc) is 2.53. The number of rotatable bonds is 4. The zero-order valence-corrected chi connectivity index (χ0v) is 9.51. The van der Waals surface area contributed by atoms with Crippen molar-refractivity contribution in [2.45, 2.75) is 58.2 Å². The molecule has 2 unspecified atom stereocenters. The summed E-state index contributed by atoms with van der Waals surface area (Å²) in [5.41, 5.74) is 0. The van der Waals surface area contributed by atoms with Gasteiger partial charge in [0.2, 0.25) is 0 Å². The van der Waals surface area contributed by atoms with Gasteiger partial charge in [0, 0.05) is 18.1 Å². The normalized spacial score (nSPS) is 29.1. The summed E-state index contributed by atoms with van der Waals surface area (Å²) in [6.07, 6.45) is 4.06. The Bertz CT molecular complexity index is 145. The highest BCUT2D eigenvalue weighted by Crippen LogP contribution is 2.25. The summed E-state index contributed by atoms with van der Waals surface area (Å²) in [4.78, 5) is 2.62. The van der Waals surface area contributed by atoms with Gasteiger partial charge >= 0.3 is 0 Å². The minimum absolute atomic E-state index is 0.700. The third-order valence-corrected chi connectivity index (χ3v) is 3.31. The number of hydrogen-bond acceptors (Lipinski definition) is 2. The molecule has 13 heavy (non-hydrogen) atoms. The highest BCUT2D eigenvalue weighted by molar-refractivity contribution is 4.86. The molecule has 0 radical (unpaired) electrons. The maximum Gasteiger partial charge on any atom is 0.0113 e. The van der Waals surface area contributed by atoms with Gasteiger partial charge in [-0.15, -0.1) is 0 Å². The SMILES string of the molecule is CCN(C(C)C)C1CCC(NC)C1. The first-order chi connectivity index (χ1) is 6.19. The van der Waals surface area contributed by atoms with Gasteiger partial charge in [0.25, 0.3) is 0 Å². The Balaban J connectivity index is 2.43. The molecule has 0 aromatic rings. The van der Waals surface area contributed by atoms with Crippen LogP contribution in [0.4, 0.5) is 0 Å². The van der Waals surface area contributed by atoms with Crippen LogP contribution in [0.15, 0.2) is 0 Å². The lowest BCUT2D eigenvalue weighted by molar-refractivity contribution is 0.162. The van der Waals surface area contributed by atoms with Crippen molar-refractivity contribution in [2.24, 2.45) is 0 Å². The van der Waals surface area contributed by atoms with E-state index in [9.17, 15) is 0 Å². The standard InChI is InChI=1S/C11H24N2/c1-5-13(9(2)3)11-7-6-10(8-11)12-4/h9-12H,5-8H2,1-4H3. The second kappa shape index (κ2) is 4.97. The van der Waals surface area contributed by atoms with Gasteiger partial charge in [-0.05, 0) is 46.7 Å². The van der Waals surface area contributed by atoms with E-state index >= 15 is 0 Å². The Morgan fingerprint density at radius 2 is 2.08 bits per heavy atom. The van der Waals surface area contributed by atoms with Crippen molar-refractivity contribution in [3.8, 4) is 0 Å². The first-order valence-electron chi connectivity index (χ1n) is 5.62. The average molecular weight is 184 g/mol. The Hall–Kier alpha value is -0.0800. The summed E-state index contributed by atoms with van der Waals surface area (Å²) in [6, 6.07) is 2.28. The zero-order valence-electron chi connectivity index (χ0n) is 9.51. The quantitative estimate of drug-likeness (QED) is 0.717. The van der Waals surface area contributed by atoms with Gasteiger partial charge in [-0.2, -0.15) is 0 Å². The third kappa shape index (κ3) is 2.68. The lowest BCUT2D eigenvalue weighted by Gasteiger charge is -2.31. The largest absolute Gasteiger partial charge is 0.317 e.